The molecule has 0 N–H and O–H groups in total. The van der Waals surface area contributed by atoms with Crippen LogP contribution in [0.3, 0.4) is 0 Å². The molecular weight excluding hydrogens is 270 g/mol. The Morgan fingerprint density at radius 3 is 2.83 bits per heavy atom. The highest BCUT2D eigenvalue weighted by atomic mass is 35.5. The Labute approximate surface area is 115 Å². The van der Waals surface area contributed by atoms with Crippen molar-refractivity contribution in [2.75, 3.05) is 6.54 Å². The van der Waals surface area contributed by atoms with Crippen LogP contribution in [0.5, 0.6) is 0 Å². The number of imide groups is 1. The van der Waals surface area contributed by atoms with Crippen molar-refractivity contribution < 1.29 is 9.59 Å². The van der Waals surface area contributed by atoms with Crippen LogP contribution in [0.4, 0.5) is 4.79 Å². The monoisotopic (exact) mass is 281 g/mol. The smallest absolute Gasteiger partial charge is 0.268 e. The zero-order valence-electron chi connectivity index (χ0n) is 9.85. The van der Waals surface area contributed by atoms with Gasteiger partial charge in [0.1, 0.15) is 0 Å². The lowest BCUT2D eigenvalue weighted by Crippen LogP contribution is -2.28. The lowest BCUT2D eigenvalue weighted by atomic mass is 10.2. The van der Waals surface area contributed by atoms with Crippen molar-refractivity contribution in [2.45, 2.75) is 13.3 Å². The number of carbonyl (C=O) groups is 2. The van der Waals surface area contributed by atoms with Gasteiger partial charge in [-0.3, -0.25) is 14.5 Å². The maximum Gasteiger partial charge on any atom is 0.293 e. The summed E-state index contributed by atoms with van der Waals surface area (Å²) in [6, 6.07) is 7.18. The van der Waals surface area contributed by atoms with Crippen LogP contribution in [0.1, 0.15) is 18.9 Å². The highest BCUT2D eigenvalue weighted by molar-refractivity contribution is 8.18. The molecule has 0 bridgehead atoms. The zero-order chi connectivity index (χ0) is 13.1. The van der Waals surface area contributed by atoms with Crippen LogP contribution >= 0.6 is 23.4 Å². The van der Waals surface area contributed by atoms with E-state index in [0.29, 0.717) is 16.5 Å². The quantitative estimate of drug-likeness (QED) is 0.791. The lowest BCUT2D eigenvalue weighted by molar-refractivity contribution is -0.122. The molecular formula is C13H12ClNO2S. The second-order valence-corrected chi connectivity index (χ2v) is 5.32. The Morgan fingerprint density at radius 1 is 1.39 bits per heavy atom. The van der Waals surface area contributed by atoms with Gasteiger partial charge >= 0.3 is 0 Å². The minimum atomic E-state index is -0.216. The van der Waals surface area contributed by atoms with E-state index < -0.39 is 0 Å². The third-order valence-corrected chi connectivity index (χ3v) is 3.61. The highest BCUT2D eigenvalue weighted by Gasteiger charge is 2.34. The third-order valence-electron chi connectivity index (χ3n) is 2.47. The van der Waals surface area contributed by atoms with Crippen molar-refractivity contribution in [3.8, 4) is 0 Å². The predicted molar refractivity (Wildman–Crippen MR) is 74.4 cm³/mol. The number of hydrogen-bond acceptors (Lipinski definition) is 3. The van der Waals surface area contributed by atoms with Gasteiger partial charge in [-0.2, -0.15) is 0 Å². The van der Waals surface area contributed by atoms with Crippen molar-refractivity contribution in [3.63, 3.8) is 0 Å². The lowest BCUT2D eigenvalue weighted by Gasteiger charge is -2.09. The highest BCUT2D eigenvalue weighted by Crippen LogP contribution is 2.32. The molecule has 1 aromatic rings. The molecule has 1 aliphatic rings. The van der Waals surface area contributed by atoms with E-state index in [1.54, 1.807) is 18.2 Å². The first-order valence-electron chi connectivity index (χ1n) is 5.62. The van der Waals surface area contributed by atoms with Crippen LogP contribution in [-0.4, -0.2) is 22.6 Å². The van der Waals surface area contributed by atoms with Crippen LogP contribution in [0, 0.1) is 0 Å². The van der Waals surface area contributed by atoms with Crippen molar-refractivity contribution in [1.29, 1.82) is 0 Å². The van der Waals surface area contributed by atoms with Crippen molar-refractivity contribution in [1.82, 2.24) is 4.90 Å². The van der Waals surface area contributed by atoms with Gasteiger partial charge < -0.3 is 0 Å². The summed E-state index contributed by atoms with van der Waals surface area (Å²) in [5.41, 5.74) is 0.824. The van der Waals surface area contributed by atoms with Gasteiger partial charge in [0.15, 0.2) is 0 Å². The predicted octanol–water partition coefficient (Wildman–Crippen LogP) is 3.79. The summed E-state index contributed by atoms with van der Waals surface area (Å²) in [7, 11) is 0. The van der Waals surface area contributed by atoms with Crippen LogP contribution in [0.15, 0.2) is 29.2 Å². The summed E-state index contributed by atoms with van der Waals surface area (Å²) in [6.07, 6.45) is 2.47. The molecule has 0 aromatic heterocycles. The number of hydrogen-bond donors (Lipinski definition) is 0. The number of rotatable bonds is 3. The molecule has 0 radical (unpaired) electrons. The summed E-state index contributed by atoms with van der Waals surface area (Å²) in [5.74, 6) is -0.216. The number of benzene rings is 1. The SMILES string of the molecule is CCCN1C(=O)S/C(=C/c2cccc(Cl)c2)C1=O. The van der Waals surface area contributed by atoms with E-state index in [9.17, 15) is 9.59 Å². The van der Waals surface area contributed by atoms with Gasteiger partial charge in [-0.15, -0.1) is 0 Å². The molecule has 0 spiro atoms. The second kappa shape index (κ2) is 5.59. The van der Waals surface area contributed by atoms with E-state index in [2.05, 4.69) is 0 Å². The zero-order valence-corrected chi connectivity index (χ0v) is 11.4. The summed E-state index contributed by atoms with van der Waals surface area (Å²) in [5, 5.41) is 0.409. The molecule has 2 rings (SSSR count). The molecule has 1 aliphatic heterocycles. The Hall–Kier alpha value is -1.26. The van der Waals surface area contributed by atoms with Gasteiger partial charge in [0.25, 0.3) is 11.1 Å². The minimum Gasteiger partial charge on any atom is -0.268 e. The molecule has 1 fully saturated rings. The molecule has 0 saturated carbocycles. The van der Waals surface area contributed by atoms with Crippen LogP contribution in [0.25, 0.3) is 6.08 Å². The van der Waals surface area contributed by atoms with E-state index >= 15 is 0 Å². The van der Waals surface area contributed by atoms with E-state index in [-0.39, 0.29) is 11.1 Å². The number of halogens is 1. The van der Waals surface area contributed by atoms with Gasteiger partial charge in [-0.05, 0) is 42.0 Å². The van der Waals surface area contributed by atoms with Gasteiger partial charge in [0.05, 0.1) is 4.91 Å². The number of amides is 2. The Morgan fingerprint density at radius 2 is 2.17 bits per heavy atom. The Kier molecular flexibility index (Phi) is 4.09. The Bertz CT molecular complexity index is 527. The molecule has 3 nitrogen and oxygen atoms in total. The van der Waals surface area contributed by atoms with E-state index in [1.807, 2.05) is 19.1 Å². The van der Waals surface area contributed by atoms with Crippen molar-refractivity contribution in [3.05, 3.63) is 39.8 Å². The van der Waals surface area contributed by atoms with Crippen LogP contribution in [0.2, 0.25) is 5.02 Å². The molecule has 0 unspecified atom stereocenters. The van der Waals surface area contributed by atoms with Crippen LogP contribution in [-0.2, 0) is 4.79 Å². The molecule has 1 saturated heterocycles. The molecule has 0 aliphatic carbocycles. The second-order valence-electron chi connectivity index (χ2n) is 3.89. The fourth-order valence-corrected chi connectivity index (χ4v) is 2.73. The van der Waals surface area contributed by atoms with Crippen molar-refractivity contribution in [2.24, 2.45) is 0 Å². The third kappa shape index (κ3) is 2.76. The molecule has 0 atom stereocenters. The van der Waals surface area contributed by atoms with Gasteiger partial charge in [0, 0.05) is 11.6 Å². The average molecular weight is 282 g/mol. The largest absolute Gasteiger partial charge is 0.293 e. The fourth-order valence-electron chi connectivity index (χ4n) is 1.66. The summed E-state index contributed by atoms with van der Waals surface area (Å²) >= 11 is 6.85. The molecule has 94 valence electrons. The molecule has 1 aromatic carbocycles. The molecule has 5 heteroatoms. The first-order chi connectivity index (χ1) is 8.61. The minimum absolute atomic E-state index is 0.199. The Balaban J connectivity index is 2.25. The number of carbonyl (C=O) groups excluding carboxylic acids is 2. The van der Waals surface area contributed by atoms with Gasteiger partial charge in [-0.25, -0.2) is 0 Å². The van der Waals surface area contributed by atoms with E-state index in [4.69, 9.17) is 11.6 Å². The fraction of sp³-hybridized carbons (Fsp3) is 0.231. The summed E-state index contributed by atoms with van der Waals surface area (Å²) in [4.78, 5) is 25.4. The number of nitrogens with zero attached hydrogens (tertiary/aromatic N) is 1. The summed E-state index contributed by atoms with van der Waals surface area (Å²) in [6.45, 7) is 2.40. The molecule has 1 heterocycles. The first kappa shape index (κ1) is 13.2. The topological polar surface area (TPSA) is 37.4 Å². The average Bonchev–Trinajstić information content (AvgIpc) is 2.57. The van der Waals surface area contributed by atoms with Gasteiger partial charge in [-0.1, -0.05) is 30.7 Å². The molecule has 2 amide bonds. The first-order valence-corrected chi connectivity index (χ1v) is 6.82. The van der Waals surface area contributed by atoms with E-state index in [1.165, 1.54) is 4.90 Å². The van der Waals surface area contributed by atoms with Crippen molar-refractivity contribution >= 4 is 40.6 Å². The van der Waals surface area contributed by atoms with Crippen LogP contribution < -0.4 is 0 Å². The number of thioether (sulfide) groups is 1. The van der Waals surface area contributed by atoms with Gasteiger partial charge in [0.2, 0.25) is 0 Å². The van der Waals surface area contributed by atoms with E-state index in [0.717, 1.165) is 23.7 Å². The molecule has 18 heavy (non-hydrogen) atoms. The summed E-state index contributed by atoms with van der Waals surface area (Å²) < 4.78 is 0. The standard InChI is InChI=1S/C13H12ClNO2S/c1-2-6-15-12(16)11(18-13(15)17)8-9-4-3-5-10(14)7-9/h3-5,7-8H,2,6H2,1H3/b11-8+. The normalized spacial score (nSPS) is 17.9. The maximum atomic E-state index is 12.0. The maximum absolute atomic E-state index is 12.0.